The Hall–Kier alpha value is -3.59. The highest BCUT2D eigenvalue weighted by Gasteiger charge is 2.21. The van der Waals surface area contributed by atoms with Crippen LogP contribution < -0.4 is 4.89 Å². The van der Waals surface area contributed by atoms with Gasteiger partial charge < -0.3 is 27.9 Å². The molecule has 0 aliphatic rings. The lowest BCUT2D eigenvalue weighted by atomic mass is 10.1. The Balaban J connectivity index is 4.31. The molecule has 0 aliphatic heterocycles. The number of phosphoric acid groups is 1. The first-order valence-electron chi connectivity index (χ1n) is 25.7. The van der Waals surface area contributed by atoms with Crippen LogP contribution in [0, 0.1) is 0 Å². The zero-order valence-corrected chi connectivity index (χ0v) is 43.7. The normalized spacial score (nSPS) is 14.4. The van der Waals surface area contributed by atoms with Crippen LogP contribution in [0.25, 0.3) is 0 Å². The Labute approximate surface area is 409 Å². The summed E-state index contributed by atoms with van der Waals surface area (Å²) in [6.07, 6.45) is 66.7. The van der Waals surface area contributed by atoms with Crippen molar-refractivity contribution in [1.29, 1.82) is 0 Å². The molecule has 0 N–H and O–H groups in total. The minimum absolute atomic E-state index is 0.0458. The molecule has 0 rings (SSSR count). The number of hydrogen-bond donors (Lipinski definition) is 0. The van der Waals surface area contributed by atoms with E-state index in [1.54, 1.807) is 0 Å². The molecule has 0 aromatic heterocycles. The molecule has 67 heavy (non-hydrogen) atoms. The molecule has 0 spiro atoms. The molecule has 0 saturated carbocycles. The topological polar surface area (TPSA) is 111 Å². The number of carbonyl (C=O) groups excluding carboxylic acids is 2. The lowest BCUT2D eigenvalue weighted by Crippen LogP contribution is -2.37. The molecule has 2 unspecified atom stereocenters. The van der Waals surface area contributed by atoms with Crippen molar-refractivity contribution in [3.63, 3.8) is 0 Å². The summed E-state index contributed by atoms with van der Waals surface area (Å²) in [5.41, 5.74) is 0. The first-order chi connectivity index (χ1) is 32.5. The van der Waals surface area contributed by atoms with Gasteiger partial charge in [0.15, 0.2) is 6.10 Å². The number of rotatable bonds is 45. The maximum absolute atomic E-state index is 12.7. The van der Waals surface area contributed by atoms with Gasteiger partial charge in [0.1, 0.15) is 19.8 Å². The zero-order chi connectivity index (χ0) is 49.2. The van der Waals surface area contributed by atoms with Crippen LogP contribution in [0.3, 0.4) is 0 Å². The van der Waals surface area contributed by atoms with Gasteiger partial charge in [-0.1, -0.05) is 174 Å². The Kier molecular flexibility index (Phi) is 44.9. The highest BCUT2D eigenvalue weighted by Crippen LogP contribution is 2.38. The Morgan fingerprint density at radius 3 is 1.30 bits per heavy atom. The van der Waals surface area contributed by atoms with E-state index < -0.39 is 32.5 Å². The number of unbranched alkanes of at least 4 members (excludes halogenated alkanes) is 11. The lowest BCUT2D eigenvalue weighted by molar-refractivity contribution is -0.870. The van der Waals surface area contributed by atoms with Crippen LogP contribution in [0.15, 0.2) is 122 Å². The van der Waals surface area contributed by atoms with Crippen molar-refractivity contribution < 1.29 is 42.1 Å². The van der Waals surface area contributed by atoms with E-state index in [-0.39, 0.29) is 26.1 Å². The predicted octanol–water partition coefficient (Wildman–Crippen LogP) is 15.0. The first kappa shape index (κ1) is 63.4. The summed E-state index contributed by atoms with van der Waals surface area (Å²) < 4.78 is 33.9. The molecule has 9 nitrogen and oxygen atoms in total. The van der Waals surface area contributed by atoms with Gasteiger partial charge >= 0.3 is 11.9 Å². The van der Waals surface area contributed by atoms with Crippen molar-refractivity contribution in [2.24, 2.45) is 0 Å². The molecule has 0 bridgehead atoms. The molecule has 0 amide bonds. The summed E-state index contributed by atoms with van der Waals surface area (Å²) in [5, 5.41) is 0. The molecule has 0 fully saturated rings. The van der Waals surface area contributed by atoms with Crippen molar-refractivity contribution in [2.45, 2.75) is 180 Å². The molecule has 2 atom stereocenters. The highest BCUT2D eigenvalue weighted by atomic mass is 31.2. The average Bonchev–Trinajstić information content (AvgIpc) is 3.29. The van der Waals surface area contributed by atoms with Gasteiger partial charge in [-0.25, -0.2) is 0 Å². The van der Waals surface area contributed by atoms with Crippen LogP contribution in [0.4, 0.5) is 0 Å². The van der Waals surface area contributed by atoms with Crippen LogP contribution in [-0.2, 0) is 32.7 Å². The van der Waals surface area contributed by atoms with E-state index in [4.69, 9.17) is 18.5 Å². The molecule has 0 radical (unpaired) electrons. The summed E-state index contributed by atoms with van der Waals surface area (Å²) in [5.74, 6) is -0.896. The van der Waals surface area contributed by atoms with Gasteiger partial charge in [-0.2, -0.15) is 0 Å². The van der Waals surface area contributed by atoms with Crippen molar-refractivity contribution >= 4 is 19.8 Å². The number of nitrogens with zero attached hydrogens (tertiary/aromatic N) is 1. The zero-order valence-electron chi connectivity index (χ0n) is 42.8. The highest BCUT2D eigenvalue weighted by molar-refractivity contribution is 7.45. The van der Waals surface area contributed by atoms with Gasteiger partial charge in [-0.15, -0.1) is 0 Å². The van der Waals surface area contributed by atoms with Crippen molar-refractivity contribution in [2.75, 3.05) is 47.5 Å². The summed E-state index contributed by atoms with van der Waals surface area (Å²) in [7, 11) is 1.12. The number of phosphoric ester groups is 1. The second-order valence-electron chi connectivity index (χ2n) is 17.8. The summed E-state index contributed by atoms with van der Waals surface area (Å²) >= 11 is 0. The largest absolute Gasteiger partial charge is 0.756 e. The molecular weight excluding hydrogens is 858 g/mol. The van der Waals surface area contributed by atoms with Gasteiger partial charge in [0.05, 0.1) is 27.7 Å². The SMILES string of the molecule is CC/C=C\C/C=C\C/C=C\C/C=C\C/C=C\C/C=C\C/C=C\C/C=C\C/C=C\CCCCCC(=O)OC(COC(=O)CCCCCCC/C=C\CCCCC)COP(=O)([O-])OCC[N+](C)(C)C. The van der Waals surface area contributed by atoms with E-state index in [2.05, 4.69) is 135 Å². The number of quaternary nitrogens is 1. The molecule has 0 heterocycles. The van der Waals surface area contributed by atoms with Crippen molar-refractivity contribution in [3.8, 4) is 0 Å². The number of hydrogen-bond acceptors (Lipinski definition) is 8. The predicted molar refractivity (Wildman–Crippen MR) is 281 cm³/mol. The maximum Gasteiger partial charge on any atom is 0.306 e. The number of esters is 2. The third-order valence-electron chi connectivity index (χ3n) is 10.2. The average molecular weight is 952 g/mol. The lowest BCUT2D eigenvalue weighted by Gasteiger charge is -2.28. The second-order valence-corrected chi connectivity index (χ2v) is 19.2. The number of allylic oxidation sites excluding steroid dienone is 20. The Morgan fingerprint density at radius 1 is 0.478 bits per heavy atom. The fourth-order valence-corrected chi connectivity index (χ4v) is 6.96. The van der Waals surface area contributed by atoms with Gasteiger partial charge in [0.25, 0.3) is 7.82 Å². The van der Waals surface area contributed by atoms with Gasteiger partial charge in [-0.3, -0.25) is 14.2 Å². The van der Waals surface area contributed by atoms with Gasteiger partial charge in [0.2, 0.25) is 0 Å². The molecule has 0 aromatic carbocycles. The second kappa shape index (κ2) is 47.5. The number of carbonyl (C=O) groups is 2. The van der Waals surface area contributed by atoms with Crippen LogP contribution >= 0.6 is 7.82 Å². The first-order valence-corrected chi connectivity index (χ1v) is 27.2. The van der Waals surface area contributed by atoms with E-state index >= 15 is 0 Å². The van der Waals surface area contributed by atoms with Gasteiger partial charge in [0, 0.05) is 12.8 Å². The smallest absolute Gasteiger partial charge is 0.306 e. The minimum Gasteiger partial charge on any atom is -0.756 e. The molecule has 380 valence electrons. The number of likely N-dealkylation sites (N-methyl/N-ethyl adjacent to an activating group) is 1. The molecular formula is C57H94NO8P. The third-order valence-corrected chi connectivity index (χ3v) is 11.2. The minimum atomic E-state index is -4.65. The van der Waals surface area contributed by atoms with Crippen molar-refractivity contribution in [1.82, 2.24) is 0 Å². The summed E-state index contributed by atoms with van der Waals surface area (Å²) in [6, 6.07) is 0. The van der Waals surface area contributed by atoms with E-state index in [0.29, 0.717) is 23.9 Å². The maximum atomic E-state index is 12.7. The molecule has 0 aromatic rings. The summed E-state index contributed by atoms with van der Waals surface area (Å²) in [4.78, 5) is 37.6. The molecule has 0 saturated heterocycles. The standard InChI is InChI=1S/C57H94NO8P/c1-6-8-10-12-14-16-18-20-21-22-23-24-25-26-27-28-29-30-31-32-33-34-35-36-37-38-40-42-44-46-48-50-57(60)66-55(54-65-67(61,62)64-52-51-58(3,4)5)53-63-56(59)49-47-45-43-41-39-19-17-15-13-11-9-7-2/h8,10,14-17,20-21,23-24,26-27,29-30,32-33,35-36,38,40,55H,6-7,9,11-13,18-19,22,25,28,31,34,37,39,41-54H2,1-5H3/b10-8-,16-14-,17-15-,21-20-,24-23-,27-26-,30-29-,33-32-,36-35-,40-38-. The van der Waals surface area contributed by atoms with Crippen LogP contribution in [0.5, 0.6) is 0 Å². The molecule has 0 aliphatic carbocycles. The van der Waals surface area contributed by atoms with E-state index in [1.165, 1.54) is 19.3 Å². The van der Waals surface area contributed by atoms with Crippen LogP contribution in [0.1, 0.15) is 174 Å². The quantitative estimate of drug-likeness (QED) is 0.0195. The monoisotopic (exact) mass is 952 g/mol. The fourth-order valence-electron chi connectivity index (χ4n) is 6.23. The van der Waals surface area contributed by atoms with Gasteiger partial charge in [-0.05, 0) is 109 Å². The number of ether oxygens (including phenoxy) is 2. The van der Waals surface area contributed by atoms with Crippen LogP contribution in [0.2, 0.25) is 0 Å². The Morgan fingerprint density at radius 2 is 0.851 bits per heavy atom. The van der Waals surface area contributed by atoms with E-state index in [0.717, 1.165) is 116 Å². The van der Waals surface area contributed by atoms with Crippen LogP contribution in [-0.4, -0.2) is 70.0 Å². The fraction of sp³-hybridized carbons (Fsp3) is 0.614. The van der Waals surface area contributed by atoms with Crippen molar-refractivity contribution in [3.05, 3.63) is 122 Å². The summed E-state index contributed by atoms with van der Waals surface area (Å²) in [6.45, 7) is 4.01. The van der Waals surface area contributed by atoms with E-state index in [1.807, 2.05) is 21.1 Å². The third kappa shape index (κ3) is 51.6. The molecule has 10 heteroatoms. The van der Waals surface area contributed by atoms with E-state index in [9.17, 15) is 19.0 Å². The Bertz CT molecular complexity index is 1540.